The van der Waals surface area contributed by atoms with Crippen LogP contribution >= 0.6 is 0 Å². The lowest BCUT2D eigenvalue weighted by molar-refractivity contribution is 0.0719. The fourth-order valence-electron chi connectivity index (χ4n) is 4.02. The first kappa shape index (κ1) is 13.2. The fraction of sp³-hybridized carbons (Fsp3) is 0.933. The minimum atomic E-state index is 0.371. The molecule has 0 bridgehead atoms. The highest BCUT2D eigenvalue weighted by atomic mass is 16.5. The Morgan fingerprint density at radius 2 is 2.21 bits per heavy atom. The van der Waals surface area contributed by atoms with Crippen LogP contribution in [0.3, 0.4) is 0 Å². The molecule has 4 atom stereocenters. The van der Waals surface area contributed by atoms with Gasteiger partial charge in [-0.25, -0.2) is 0 Å². The van der Waals surface area contributed by atoms with Crippen LogP contribution in [0.25, 0.3) is 0 Å². The van der Waals surface area contributed by atoms with Gasteiger partial charge in [-0.15, -0.1) is 0 Å². The van der Waals surface area contributed by atoms with E-state index in [1.165, 1.54) is 38.5 Å². The molecule has 1 aliphatic carbocycles. The average Bonchev–Trinajstić information content (AvgIpc) is 3.01. The number of rotatable bonds is 3. The molecule has 0 radical (unpaired) electrons. The van der Waals surface area contributed by atoms with Crippen molar-refractivity contribution in [1.82, 2.24) is 4.90 Å². The number of guanidine groups is 1. The van der Waals surface area contributed by atoms with Gasteiger partial charge in [-0.1, -0.05) is 19.8 Å². The van der Waals surface area contributed by atoms with E-state index in [0.717, 1.165) is 37.5 Å². The number of nitrogens with two attached hydrogens (primary N) is 1. The van der Waals surface area contributed by atoms with Crippen LogP contribution in [0.4, 0.5) is 0 Å². The molecular weight excluding hydrogens is 238 g/mol. The first-order valence-corrected chi connectivity index (χ1v) is 7.92. The van der Waals surface area contributed by atoms with Crippen LogP contribution in [0.1, 0.15) is 45.4 Å². The normalized spacial score (nSPS) is 39.6. The summed E-state index contributed by atoms with van der Waals surface area (Å²) in [4.78, 5) is 6.85. The molecule has 2 N–H and O–H groups in total. The largest absolute Gasteiger partial charge is 0.376 e. The SMILES string of the molecule is CC1CCCC(C2CN=C(N)N2CC2CCCO2)C1. The van der Waals surface area contributed by atoms with Crippen LogP contribution in [0.15, 0.2) is 4.99 Å². The van der Waals surface area contributed by atoms with E-state index < -0.39 is 0 Å². The van der Waals surface area contributed by atoms with Crippen LogP contribution in [-0.2, 0) is 4.74 Å². The van der Waals surface area contributed by atoms with Gasteiger partial charge in [-0.3, -0.25) is 4.99 Å². The van der Waals surface area contributed by atoms with E-state index >= 15 is 0 Å². The van der Waals surface area contributed by atoms with Crippen molar-refractivity contribution in [3.05, 3.63) is 0 Å². The highest BCUT2D eigenvalue weighted by Gasteiger charge is 2.36. The lowest BCUT2D eigenvalue weighted by Gasteiger charge is -2.37. The van der Waals surface area contributed by atoms with Crippen molar-refractivity contribution in [2.45, 2.75) is 57.6 Å². The molecule has 2 fully saturated rings. The maximum Gasteiger partial charge on any atom is 0.191 e. The topological polar surface area (TPSA) is 50.8 Å². The number of hydrogen-bond acceptors (Lipinski definition) is 4. The summed E-state index contributed by atoms with van der Waals surface area (Å²) in [7, 11) is 0. The molecule has 4 heteroatoms. The maximum absolute atomic E-state index is 6.11. The predicted molar refractivity (Wildman–Crippen MR) is 77.1 cm³/mol. The van der Waals surface area contributed by atoms with Crippen molar-refractivity contribution >= 4 is 5.96 Å². The Labute approximate surface area is 116 Å². The highest BCUT2D eigenvalue weighted by molar-refractivity contribution is 5.80. The molecule has 3 aliphatic rings. The maximum atomic E-state index is 6.11. The molecule has 4 unspecified atom stereocenters. The van der Waals surface area contributed by atoms with Gasteiger partial charge in [-0.2, -0.15) is 0 Å². The Morgan fingerprint density at radius 3 is 2.95 bits per heavy atom. The summed E-state index contributed by atoms with van der Waals surface area (Å²) in [6.07, 6.45) is 8.20. The zero-order valence-electron chi connectivity index (χ0n) is 12.1. The quantitative estimate of drug-likeness (QED) is 0.849. The van der Waals surface area contributed by atoms with E-state index in [1.54, 1.807) is 0 Å². The van der Waals surface area contributed by atoms with Crippen molar-refractivity contribution in [3.63, 3.8) is 0 Å². The van der Waals surface area contributed by atoms with Gasteiger partial charge >= 0.3 is 0 Å². The second-order valence-corrected chi connectivity index (χ2v) is 6.59. The Morgan fingerprint density at radius 1 is 1.32 bits per heavy atom. The van der Waals surface area contributed by atoms with E-state index in [0.29, 0.717) is 12.1 Å². The predicted octanol–water partition coefficient (Wildman–Crippen LogP) is 1.99. The molecule has 3 rings (SSSR count). The monoisotopic (exact) mass is 265 g/mol. The summed E-state index contributed by atoms with van der Waals surface area (Å²) < 4.78 is 5.77. The van der Waals surface area contributed by atoms with Gasteiger partial charge in [-0.05, 0) is 37.5 Å². The van der Waals surface area contributed by atoms with Gasteiger partial charge < -0.3 is 15.4 Å². The molecule has 108 valence electrons. The summed E-state index contributed by atoms with van der Waals surface area (Å²) in [6, 6.07) is 0.534. The van der Waals surface area contributed by atoms with E-state index in [2.05, 4.69) is 16.8 Å². The summed E-state index contributed by atoms with van der Waals surface area (Å²) in [5.74, 6) is 2.39. The number of nitrogens with zero attached hydrogens (tertiary/aromatic N) is 2. The first-order valence-electron chi connectivity index (χ1n) is 7.92. The van der Waals surface area contributed by atoms with Gasteiger partial charge in [0.05, 0.1) is 18.7 Å². The van der Waals surface area contributed by atoms with Gasteiger partial charge in [0, 0.05) is 13.2 Å². The molecule has 1 saturated heterocycles. The molecule has 0 aromatic rings. The minimum absolute atomic E-state index is 0.371. The molecule has 0 aromatic heterocycles. The molecule has 2 aliphatic heterocycles. The smallest absolute Gasteiger partial charge is 0.191 e. The van der Waals surface area contributed by atoms with Crippen molar-refractivity contribution in [2.75, 3.05) is 19.7 Å². The highest BCUT2D eigenvalue weighted by Crippen LogP contribution is 2.34. The molecular formula is C15H27N3O. The second kappa shape index (κ2) is 5.70. The zero-order chi connectivity index (χ0) is 13.2. The summed E-state index contributed by atoms with van der Waals surface area (Å²) in [5.41, 5.74) is 6.11. The van der Waals surface area contributed by atoms with E-state index in [4.69, 9.17) is 10.5 Å². The molecule has 0 spiro atoms. The molecule has 0 aromatic carbocycles. The standard InChI is InChI=1S/C15H27N3O/c1-11-4-2-5-12(8-11)14-9-17-15(16)18(14)10-13-6-3-7-19-13/h11-14H,2-10H2,1H3,(H2,16,17). The van der Waals surface area contributed by atoms with Crippen LogP contribution < -0.4 is 5.73 Å². The van der Waals surface area contributed by atoms with Crippen molar-refractivity contribution in [2.24, 2.45) is 22.6 Å². The van der Waals surface area contributed by atoms with Gasteiger partial charge in [0.25, 0.3) is 0 Å². The molecule has 19 heavy (non-hydrogen) atoms. The lowest BCUT2D eigenvalue weighted by Crippen LogP contribution is -2.48. The summed E-state index contributed by atoms with van der Waals surface area (Å²) in [6.45, 7) is 5.15. The fourth-order valence-corrected chi connectivity index (χ4v) is 4.02. The third kappa shape index (κ3) is 2.88. The third-order valence-corrected chi connectivity index (χ3v) is 5.08. The van der Waals surface area contributed by atoms with Gasteiger partial charge in [0.1, 0.15) is 0 Å². The second-order valence-electron chi connectivity index (χ2n) is 6.59. The Balaban J connectivity index is 1.63. The van der Waals surface area contributed by atoms with E-state index in [1.807, 2.05) is 0 Å². The number of aliphatic imine (C=N–C) groups is 1. The molecule has 0 amide bonds. The number of hydrogen-bond donors (Lipinski definition) is 1. The summed E-state index contributed by atoms with van der Waals surface area (Å²) in [5, 5.41) is 0. The van der Waals surface area contributed by atoms with E-state index in [9.17, 15) is 0 Å². The molecule has 4 nitrogen and oxygen atoms in total. The molecule has 2 heterocycles. The van der Waals surface area contributed by atoms with Crippen LogP contribution in [0.5, 0.6) is 0 Å². The lowest BCUT2D eigenvalue weighted by atomic mass is 9.78. The first-order chi connectivity index (χ1) is 9.24. The van der Waals surface area contributed by atoms with E-state index in [-0.39, 0.29) is 0 Å². The van der Waals surface area contributed by atoms with Crippen molar-refractivity contribution in [1.29, 1.82) is 0 Å². The minimum Gasteiger partial charge on any atom is -0.376 e. The Hall–Kier alpha value is -0.770. The van der Waals surface area contributed by atoms with Gasteiger partial charge in [0.2, 0.25) is 0 Å². The summed E-state index contributed by atoms with van der Waals surface area (Å²) >= 11 is 0. The van der Waals surface area contributed by atoms with Crippen LogP contribution in [0.2, 0.25) is 0 Å². The zero-order valence-corrected chi connectivity index (χ0v) is 12.1. The third-order valence-electron chi connectivity index (χ3n) is 5.08. The Bertz CT molecular complexity index is 338. The van der Waals surface area contributed by atoms with Crippen molar-refractivity contribution < 1.29 is 4.74 Å². The Kier molecular flexibility index (Phi) is 3.96. The molecule has 1 saturated carbocycles. The number of ether oxygens (including phenoxy) is 1. The van der Waals surface area contributed by atoms with Crippen LogP contribution in [-0.4, -0.2) is 42.7 Å². The van der Waals surface area contributed by atoms with Crippen LogP contribution in [0, 0.1) is 11.8 Å². The van der Waals surface area contributed by atoms with Crippen molar-refractivity contribution in [3.8, 4) is 0 Å². The van der Waals surface area contributed by atoms with Gasteiger partial charge in [0.15, 0.2) is 5.96 Å². The average molecular weight is 265 g/mol.